The Balaban J connectivity index is 1.86. The number of nitrogens with one attached hydrogen (secondary N) is 1. The van der Waals surface area contributed by atoms with Gasteiger partial charge in [0.2, 0.25) is 0 Å². The maximum atomic E-state index is 10.8. The second kappa shape index (κ2) is 2.88. The van der Waals surface area contributed by atoms with Gasteiger partial charge in [-0.25, -0.2) is 4.79 Å². The number of hydrogen-bond acceptors (Lipinski definition) is 2. The van der Waals surface area contributed by atoms with Crippen molar-refractivity contribution >= 4 is 6.09 Å². The van der Waals surface area contributed by atoms with Crippen molar-refractivity contribution in [2.45, 2.75) is 43.7 Å². The lowest BCUT2D eigenvalue weighted by molar-refractivity contribution is -0.0303. The maximum absolute atomic E-state index is 10.8. The Hall–Kier alpha value is -0.770. The number of carboxylic acid groups (broad SMARTS) is 1. The van der Waals surface area contributed by atoms with Gasteiger partial charge in [-0.15, -0.1) is 0 Å². The highest BCUT2D eigenvalue weighted by atomic mass is 16.4. The fraction of sp³-hybridized carbons (Fsp3) is 0.909. The third kappa shape index (κ3) is 1.34. The fourth-order valence-corrected chi connectivity index (χ4v) is 4.50. The summed E-state index contributed by atoms with van der Waals surface area (Å²) in [4.78, 5) is 10.8. The van der Waals surface area contributed by atoms with Gasteiger partial charge >= 0.3 is 6.09 Å². The van der Waals surface area contributed by atoms with Crippen molar-refractivity contribution in [1.29, 1.82) is 0 Å². The van der Waals surface area contributed by atoms with E-state index in [0.717, 1.165) is 24.7 Å². The van der Waals surface area contributed by atoms with Crippen LogP contribution in [0.25, 0.3) is 0 Å². The first kappa shape index (κ1) is 9.46. The van der Waals surface area contributed by atoms with Crippen LogP contribution in [0.3, 0.4) is 0 Å². The molecule has 0 aromatic rings. The van der Waals surface area contributed by atoms with Crippen LogP contribution in [-0.2, 0) is 0 Å². The first-order chi connectivity index (χ1) is 7.07. The molecule has 0 radical (unpaired) electrons. The van der Waals surface area contributed by atoms with Crippen molar-refractivity contribution in [2.24, 2.45) is 23.5 Å². The van der Waals surface area contributed by atoms with E-state index >= 15 is 0 Å². The molecule has 4 rings (SSSR count). The molecule has 15 heavy (non-hydrogen) atoms. The zero-order chi connectivity index (χ0) is 10.6. The van der Waals surface area contributed by atoms with Crippen molar-refractivity contribution in [3.8, 4) is 0 Å². The molecular weight excluding hydrogens is 192 g/mol. The quantitative estimate of drug-likeness (QED) is 0.608. The summed E-state index contributed by atoms with van der Waals surface area (Å²) in [5, 5.41) is 11.5. The molecule has 0 aromatic carbocycles. The molecule has 4 fully saturated rings. The molecule has 0 heterocycles. The smallest absolute Gasteiger partial charge is 0.404 e. The Morgan fingerprint density at radius 2 is 1.87 bits per heavy atom. The molecule has 4 nitrogen and oxygen atoms in total. The zero-order valence-corrected chi connectivity index (χ0v) is 8.78. The summed E-state index contributed by atoms with van der Waals surface area (Å²) in [7, 11) is 0. The van der Waals surface area contributed by atoms with Crippen molar-refractivity contribution in [1.82, 2.24) is 5.32 Å². The molecule has 0 aliphatic heterocycles. The van der Waals surface area contributed by atoms with Crippen LogP contribution in [0.1, 0.15) is 32.1 Å². The summed E-state index contributed by atoms with van der Waals surface area (Å²) < 4.78 is 0. The predicted molar refractivity (Wildman–Crippen MR) is 55.4 cm³/mol. The summed E-state index contributed by atoms with van der Waals surface area (Å²) in [5.41, 5.74) is 6.14. The summed E-state index contributed by atoms with van der Waals surface area (Å²) in [6.45, 7) is 0. The van der Waals surface area contributed by atoms with Gasteiger partial charge in [-0.3, -0.25) is 0 Å². The van der Waals surface area contributed by atoms with Crippen LogP contribution in [0.4, 0.5) is 4.79 Å². The average Bonchev–Trinajstić information content (AvgIpc) is 2.09. The Labute approximate surface area is 89.2 Å². The Bertz CT molecular complexity index is 291. The van der Waals surface area contributed by atoms with Crippen LogP contribution in [0.2, 0.25) is 0 Å². The molecule has 3 atom stereocenters. The monoisotopic (exact) mass is 210 g/mol. The minimum absolute atomic E-state index is 0.00259. The lowest BCUT2D eigenvalue weighted by Gasteiger charge is -2.59. The Morgan fingerprint density at radius 3 is 2.33 bits per heavy atom. The van der Waals surface area contributed by atoms with Gasteiger partial charge in [-0.05, 0) is 49.9 Å². The van der Waals surface area contributed by atoms with Crippen molar-refractivity contribution in [3.05, 3.63) is 0 Å². The molecule has 0 spiro atoms. The predicted octanol–water partition coefficient (Wildman–Crippen LogP) is 1.16. The third-order valence-electron chi connectivity index (χ3n) is 4.65. The van der Waals surface area contributed by atoms with E-state index < -0.39 is 6.09 Å². The number of hydrogen-bond donors (Lipinski definition) is 3. The summed E-state index contributed by atoms with van der Waals surface area (Å²) in [5.74, 6) is 2.02. The van der Waals surface area contributed by atoms with E-state index in [-0.39, 0.29) is 11.6 Å². The molecule has 0 saturated heterocycles. The molecule has 4 N–H and O–H groups in total. The molecular formula is C11H18N2O2. The highest BCUT2D eigenvalue weighted by molar-refractivity contribution is 5.65. The number of amides is 1. The van der Waals surface area contributed by atoms with Gasteiger partial charge in [0.05, 0.1) is 6.04 Å². The van der Waals surface area contributed by atoms with E-state index in [1.165, 1.54) is 19.3 Å². The largest absolute Gasteiger partial charge is 0.465 e. The van der Waals surface area contributed by atoms with Crippen LogP contribution < -0.4 is 11.1 Å². The number of rotatable bonds is 1. The van der Waals surface area contributed by atoms with Crippen molar-refractivity contribution in [2.75, 3.05) is 0 Å². The van der Waals surface area contributed by atoms with Crippen LogP contribution in [0.5, 0.6) is 0 Å². The summed E-state index contributed by atoms with van der Waals surface area (Å²) in [6, 6.07) is 0.00259. The van der Waals surface area contributed by atoms with Crippen molar-refractivity contribution < 1.29 is 9.90 Å². The minimum atomic E-state index is -0.919. The van der Waals surface area contributed by atoms with Gasteiger partial charge in [0.1, 0.15) is 0 Å². The maximum Gasteiger partial charge on any atom is 0.404 e. The minimum Gasteiger partial charge on any atom is -0.465 e. The first-order valence-corrected chi connectivity index (χ1v) is 5.85. The van der Waals surface area contributed by atoms with Crippen LogP contribution in [0, 0.1) is 17.8 Å². The molecule has 1 amide bonds. The summed E-state index contributed by atoms with van der Waals surface area (Å²) >= 11 is 0. The lowest BCUT2D eigenvalue weighted by Crippen LogP contribution is -2.70. The second-order valence-electron chi connectivity index (χ2n) is 5.77. The van der Waals surface area contributed by atoms with E-state index in [4.69, 9.17) is 10.8 Å². The number of carbonyl (C=O) groups is 1. The van der Waals surface area contributed by atoms with E-state index in [9.17, 15) is 4.79 Å². The highest BCUT2D eigenvalue weighted by Gasteiger charge is 2.55. The van der Waals surface area contributed by atoms with E-state index in [0.29, 0.717) is 5.92 Å². The van der Waals surface area contributed by atoms with E-state index in [1.807, 2.05) is 0 Å². The normalized spacial score (nSPS) is 51.8. The zero-order valence-electron chi connectivity index (χ0n) is 8.78. The SMILES string of the molecule is NC12CC3CC(CC(C3)C1NC(=O)O)C2. The molecule has 84 valence electrons. The molecule has 4 bridgehead atoms. The van der Waals surface area contributed by atoms with Crippen LogP contribution in [0.15, 0.2) is 0 Å². The number of nitrogens with two attached hydrogens (primary N) is 1. The van der Waals surface area contributed by atoms with Gasteiger partial charge < -0.3 is 16.2 Å². The summed E-state index contributed by atoms with van der Waals surface area (Å²) in [6.07, 6.45) is 4.81. The third-order valence-corrected chi connectivity index (χ3v) is 4.65. The van der Waals surface area contributed by atoms with Gasteiger partial charge in [0.15, 0.2) is 0 Å². The second-order valence-corrected chi connectivity index (χ2v) is 5.77. The van der Waals surface area contributed by atoms with Crippen molar-refractivity contribution in [3.63, 3.8) is 0 Å². The molecule has 4 aliphatic rings. The molecule has 4 saturated carbocycles. The van der Waals surface area contributed by atoms with E-state index in [2.05, 4.69) is 5.32 Å². The lowest BCUT2D eigenvalue weighted by atomic mass is 9.51. The Kier molecular flexibility index (Phi) is 1.81. The first-order valence-electron chi connectivity index (χ1n) is 5.85. The van der Waals surface area contributed by atoms with E-state index in [1.54, 1.807) is 0 Å². The van der Waals surface area contributed by atoms with Crippen LogP contribution in [-0.4, -0.2) is 22.8 Å². The Morgan fingerprint density at radius 1 is 1.27 bits per heavy atom. The molecule has 4 aliphatic carbocycles. The van der Waals surface area contributed by atoms with Gasteiger partial charge in [-0.2, -0.15) is 0 Å². The van der Waals surface area contributed by atoms with Gasteiger partial charge in [-0.1, -0.05) is 0 Å². The fourth-order valence-electron chi connectivity index (χ4n) is 4.50. The standard InChI is InChI=1S/C11H18N2O2/c12-11-4-6-1-7(5-11)3-8(2-6)9(11)13-10(14)15/h6-9,13H,1-5,12H2,(H,14,15). The topological polar surface area (TPSA) is 75.3 Å². The molecule has 0 aromatic heterocycles. The van der Waals surface area contributed by atoms with Gasteiger partial charge in [0, 0.05) is 5.54 Å². The molecule has 4 heteroatoms. The average molecular weight is 210 g/mol. The highest BCUT2D eigenvalue weighted by Crippen LogP contribution is 2.54. The van der Waals surface area contributed by atoms with Gasteiger partial charge in [0.25, 0.3) is 0 Å². The molecule has 3 unspecified atom stereocenters. The van der Waals surface area contributed by atoms with Crippen LogP contribution >= 0.6 is 0 Å².